The number of ether oxygens (including phenoxy) is 3. The number of methoxy groups -OCH3 is 2. The van der Waals surface area contributed by atoms with E-state index >= 15 is 0 Å². The Kier molecular flexibility index (Phi) is 5.71. The minimum atomic E-state index is -1.09. The van der Waals surface area contributed by atoms with E-state index < -0.39 is 12.1 Å². The Morgan fingerprint density at radius 3 is 2.48 bits per heavy atom. The van der Waals surface area contributed by atoms with E-state index in [1.54, 1.807) is 49.6 Å². The van der Waals surface area contributed by atoms with Crippen LogP contribution in [0.5, 0.6) is 17.2 Å². The summed E-state index contributed by atoms with van der Waals surface area (Å²) in [6.07, 6.45) is -0.953. The molecular formula is C17H17ClO5. The summed E-state index contributed by atoms with van der Waals surface area (Å²) in [7, 11) is 3.07. The van der Waals surface area contributed by atoms with Gasteiger partial charge in [-0.3, -0.25) is 0 Å². The van der Waals surface area contributed by atoms with Gasteiger partial charge in [0.05, 0.1) is 19.2 Å². The first kappa shape index (κ1) is 17.0. The molecule has 0 aromatic heterocycles. The van der Waals surface area contributed by atoms with Crippen LogP contribution in [0.1, 0.15) is 5.56 Å². The minimum absolute atomic E-state index is 0.133. The Balaban J connectivity index is 2.23. The molecule has 0 unspecified atom stereocenters. The molecule has 0 heterocycles. The quantitative estimate of drug-likeness (QED) is 0.839. The highest BCUT2D eigenvalue weighted by Gasteiger charge is 2.23. The van der Waals surface area contributed by atoms with Gasteiger partial charge in [-0.2, -0.15) is 0 Å². The first-order valence-electron chi connectivity index (χ1n) is 6.90. The Morgan fingerprint density at radius 1 is 1.13 bits per heavy atom. The first-order chi connectivity index (χ1) is 11.0. The zero-order valence-corrected chi connectivity index (χ0v) is 13.5. The second-order valence-corrected chi connectivity index (χ2v) is 5.16. The van der Waals surface area contributed by atoms with E-state index in [-0.39, 0.29) is 6.42 Å². The number of carbonyl (C=O) groups is 1. The molecule has 0 bridgehead atoms. The lowest BCUT2D eigenvalue weighted by Crippen LogP contribution is -2.29. The summed E-state index contributed by atoms with van der Waals surface area (Å²) >= 11 is 6.01. The third kappa shape index (κ3) is 4.29. The zero-order valence-electron chi connectivity index (χ0n) is 12.8. The molecule has 0 aliphatic rings. The molecule has 2 rings (SSSR count). The Bertz CT molecular complexity index is 686. The van der Waals surface area contributed by atoms with Gasteiger partial charge in [-0.25, -0.2) is 4.79 Å². The van der Waals surface area contributed by atoms with Crippen molar-refractivity contribution in [3.05, 3.63) is 53.1 Å². The molecule has 0 fully saturated rings. The first-order valence-corrected chi connectivity index (χ1v) is 7.28. The zero-order chi connectivity index (χ0) is 16.8. The largest absolute Gasteiger partial charge is 0.497 e. The molecule has 0 aliphatic heterocycles. The summed E-state index contributed by atoms with van der Waals surface area (Å²) in [6.45, 7) is 0. The number of aliphatic carboxylic acids is 1. The van der Waals surface area contributed by atoms with Crippen LogP contribution in [-0.2, 0) is 11.2 Å². The number of benzene rings is 2. The van der Waals surface area contributed by atoms with Crippen molar-refractivity contribution in [2.45, 2.75) is 12.5 Å². The minimum Gasteiger partial charge on any atom is -0.497 e. The Hall–Kier alpha value is -2.40. The van der Waals surface area contributed by atoms with Gasteiger partial charge in [0.1, 0.15) is 17.2 Å². The van der Waals surface area contributed by atoms with E-state index in [9.17, 15) is 9.90 Å². The van der Waals surface area contributed by atoms with Crippen LogP contribution < -0.4 is 14.2 Å². The van der Waals surface area contributed by atoms with Gasteiger partial charge in [0.15, 0.2) is 6.10 Å². The van der Waals surface area contributed by atoms with Gasteiger partial charge in [-0.15, -0.1) is 0 Å². The van der Waals surface area contributed by atoms with Crippen molar-refractivity contribution < 1.29 is 24.1 Å². The summed E-state index contributed by atoms with van der Waals surface area (Å²) in [6, 6.07) is 11.9. The van der Waals surface area contributed by atoms with Crippen molar-refractivity contribution in [1.29, 1.82) is 0 Å². The van der Waals surface area contributed by atoms with E-state index in [2.05, 4.69) is 0 Å². The maximum atomic E-state index is 11.5. The van der Waals surface area contributed by atoms with Crippen molar-refractivity contribution in [2.75, 3.05) is 14.2 Å². The number of hydrogen-bond donors (Lipinski definition) is 1. The second kappa shape index (κ2) is 7.74. The van der Waals surface area contributed by atoms with Crippen LogP contribution in [0.2, 0.25) is 5.02 Å². The molecule has 0 saturated carbocycles. The van der Waals surface area contributed by atoms with E-state index in [1.165, 1.54) is 7.11 Å². The fourth-order valence-electron chi connectivity index (χ4n) is 2.09. The molecule has 0 saturated heterocycles. The van der Waals surface area contributed by atoms with Crippen LogP contribution in [0.3, 0.4) is 0 Å². The van der Waals surface area contributed by atoms with E-state index in [0.717, 1.165) is 0 Å². The van der Waals surface area contributed by atoms with Crippen LogP contribution in [0.4, 0.5) is 0 Å². The molecule has 122 valence electrons. The summed E-state index contributed by atoms with van der Waals surface area (Å²) < 4.78 is 16.0. The van der Waals surface area contributed by atoms with Crippen molar-refractivity contribution in [1.82, 2.24) is 0 Å². The molecular weight excluding hydrogens is 320 g/mol. The van der Waals surface area contributed by atoms with Gasteiger partial charge in [0.2, 0.25) is 0 Å². The average Bonchev–Trinajstić information content (AvgIpc) is 2.56. The maximum Gasteiger partial charge on any atom is 0.345 e. The predicted octanol–water partition coefficient (Wildman–Crippen LogP) is 3.43. The number of carboxylic acid groups (broad SMARTS) is 1. The third-order valence-electron chi connectivity index (χ3n) is 3.28. The molecule has 2 aromatic rings. The lowest BCUT2D eigenvalue weighted by Gasteiger charge is -2.18. The fourth-order valence-corrected chi connectivity index (χ4v) is 2.27. The predicted molar refractivity (Wildman–Crippen MR) is 86.8 cm³/mol. The summed E-state index contributed by atoms with van der Waals surface area (Å²) in [5.41, 5.74) is 0.702. The number of carboxylic acids is 1. The lowest BCUT2D eigenvalue weighted by molar-refractivity contribution is -0.145. The van der Waals surface area contributed by atoms with Crippen molar-refractivity contribution in [3.8, 4) is 17.2 Å². The van der Waals surface area contributed by atoms with Crippen LogP contribution >= 0.6 is 11.6 Å². The maximum absolute atomic E-state index is 11.5. The van der Waals surface area contributed by atoms with Crippen LogP contribution in [0, 0.1) is 0 Å². The van der Waals surface area contributed by atoms with Crippen LogP contribution in [0.25, 0.3) is 0 Å². The van der Waals surface area contributed by atoms with Crippen molar-refractivity contribution in [2.24, 2.45) is 0 Å². The standard InChI is InChI=1S/C17H17ClO5/c1-21-12-8-7-11(15(10-12)22-2)9-16(17(19)20)23-14-6-4-3-5-13(14)18/h3-8,10,16H,9H2,1-2H3,(H,19,20)/t16-/m0/s1. The topological polar surface area (TPSA) is 65.0 Å². The number of para-hydroxylation sites is 1. The molecule has 2 aromatic carbocycles. The summed E-state index contributed by atoms with van der Waals surface area (Å²) in [4.78, 5) is 11.5. The monoisotopic (exact) mass is 336 g/mol. The third-order valence-corrected chi connectivity index (χ3v) is 3.59. The molecule has 0 aliphatic carbocycles. The van der Waals surface area contributed by atoms with E-state index in [0.29, 0.717) is 27.8 Å². The molecule has 0 radical (unpaired) electrons. The molecule has 1 atom stereocenters. The SMILES string of the molecule is COc1ccc(C[C@H](Oc2ccccc2Cl)C(=O)O)c(OC)c1. The fraction of sp³-hybridized carbons (Fsp3) is 0.235. The van der Waals surface area contributed by atoms with Gasteiger partial charge in [0, 0.05) is 12.5 Å². The van der Waals surface area contributed by atoms with Gasteiger partial charge in [0.25, 0.3) is 0 Å². The molecule has 6 heteroatoms. The molecule has 5 nitrogen and oxygen atoms in total. The Morgan fingerprint density at radius 2 is 1.87 bits per heavy atom. The average molecular weight is 337 g/mol. The molecule has 0 spiro atoms. The van der Waals surface area contributed by atoms with Gasteiger partial charge >= 0.3 is 5.97 Å². The van der Waals surface area contributed by atoms with Crippen LogP contribution in [0.15, 0.2) is 42.5 Å². The lowest BCUT2D eigenvalue weighted by atomic mass is 10.1. The smallest absolute Gasteiger partial charge is 0.345 e. The van der Waals surface area contributed by atoms with E-state index in [1.807, 2.05) is 0 Å². The molecule has 23 heavy (non-hydrogen) atoms. The highest BCUT2D eigenvalue weighted by molar-refractivity contribution is 6.32. The van der Waals surface area contributed by atoms with E-state index in [4.69, 9.17) is 25.8 Å². The van der Waals surface area contributed by atoms with Gasteiger partial charge < -0.3 is 19.3 Å². The number of rotatable bonds is 7. The van der Waals surface area contributed by atoms with Gasteiger partial charge in [-0.05, 0) is 23.8 Å². The molecule has 1 N–H and O–H groups in total. The summed E-state index contributed by atoms with van der Waals surface area (Å²) in [5, 5.41) is 9.78. The highest BCUT2D eigenvalue weighted by Crippen LogP contribution is 2.28. The number of hydrogen-bond acceptors (Lipinski definition) is 4. The van der Waals surface area contributed by atoms with Crippen LogP contribution in [-0.4, -0.2) is 31.4 Å². The summed E-state index contributed by atoms with van der Waals surface area (Å²) in [5.74, 6) is 0.416. The molecule has 0 amide bonds. The number of halogens is 1. The van der Waals surface area contributed by atoms with Gasteiger partial charge in [-0.1, -0.05) is 29.8 Å². The Labute approximate surface area is 139 Å². The second-order valence-electron chi connectivity index (χ2n) is 4.76. The normalized spacial score (nSPS) is 11.6. The van der Waals surface area contributed by atoms with Crippen molar-refractivity contribution in [3.63, 3.8) is 0 Å². The van der Waals surface area contributed by atoms with Crippen molar-refractivity contribution >= 4 is 17.6 Å². The highest BCUT2D eigenvalue weighted by atomic mass is 35.5.